The van der Waals surface area contributed by atoms with E-state index in [9.17, 15) is 0 Å². The van der Waals surface area contributed by atoms with Crippen molar-refractivity contribution in [2.24, 2.45) is 0 Å². The van der Waals surface area contributed by atoms with Crippen molar-refractivity contribution in [1.29, 1.82) is 0 Å². The van der Waals surface area contributed by atoms with Crippen LogP contribution in [-0.4, -0.2) is 22.8 Å². The van der Waals surface area contributed by atoms with Crippen LogP contribution in [0, 0.1) is 0 Å². The number of hydrogen-bond acceptors (Lipinski definition) is 2. The van der Waals surface area contributed by atoms with E-state index in [1.807, 2.05) is 0 Å². The minimum absolute atomic E-state index is 1.13. The maximum atomic E-state index is 5.48. The molecule has 0 rings (SSSR count). The van der Waals surface area contributed by atoms with Crippen molar-refractivity contribution in [2.75, 3.05) is 14.2 Å². The second-order valence-corrected chi connectivity index (χ2v) is 8.70. The molecule has 0 saturated heterocycles. The Kier molecular flexibility index (Phi) is 11.3. The van der Waals surface area contributed by atoms with E-state index in [0.717, 1.165) is 6.04 Å². The monoisotopic (exact) mass is 260 g/mol. The Bertz CT molecular complexity index is 158. The van der Waals surface area contributed by atoms with Gasteiger partial charge in [-0.3, -0.25) is 0 Å². The molecule has 104 valence electrons. The normalized spacial score (nSPS) is 12.0. The zero-order valence-electron chi connectivity index (χ0n) is 12.4. The van der Waals surface area contributed by atoms with Crippen LogP contribution in [0.15, 0.2) is 0 Å². The van der Waals surface area contributed by atoms with Crippen LogP contribution in [0.4, 0.5) is 0 Å². The second-order valence-electron chi connectivity index (χ2n) is 5.12. The van der Waals surface area contributed by atoms with Gasteiger partial charge in [-0.15, -0.1) is 0 Å². The molecule has 0 N–H and O–H groups in total. The van der Waals surface area contributed by atoms with Gasteiger partial charge in [0, 0.05) is 14.2 Å². The lowest BCUT2D eigenvalue weighted by Crippen LogP contribution is -2.35. The Morgan fingerprint density at radius 1 is 0.706 bits per heavy atom. The average Bonchev–Trinajstić information content (AvgIpc) is 2.36. The van der Waals surface area contributed by atoms with E-state index in [-0.39, 0.29) is 0 Å². The van der Waals surface area contributed by atoms with Crippen LogP contribution in [0.1, 0.15) is 64.7 Å². The predicted molar refractivity (Wildman–Crippen MR) is 77.7 cm³/mol. The Balaban J connectivity index is 3.23. The van der Waals surface area contributed by atoms with Crippen LogP contribution in [0.3, 0.4) is 0 Å². The van der Waals surface area contributed by atoms with Crippen LogP contribution in [0.25, 0.3) is 0 Å². The zero-order chi connectivity index (χ0) is 13.0. The molecule has 0 fully saturated rings. The van der Waals surface area contributed by atoms with Gasteiger partial charge in [0.25, 0.3) is 0 Å². The summed E-state index contributed by atoms with van der Waals surface area (Å²) in [4.78, 5) is 0. The molecule has 0 aromatic carbocycles. The largest absolute Gasteiger partial charge is 0.398 e. The highest BCUT2D eigenvalue weighted by molar-refractivity contribution is 6.65. The molecule has 0 heterocycles. The fourth-order valence-electron chi connectivity index (χ4n) is 2.04. The van der Waals surface area contributed by atoms with E-state index < -0.39 is 8.56 Å². The molecule has 0 saturated carbocycles. The molecule has 0 aliphatic carbocycles. The van der Waals surface area contributed by atoms with Gasteiger partial charge in [-0.05, 0) is 12.6 Å². The van der Waals surface area contributed by atoms with Crippen LogP contribution in [0.5, 0.6) is 0 Å². The summed E-state index contributed by atoms with van der Waals surface area (Å²) in [5.74, 6) is 0. The molecule has 17 heavy (non-hydrogen) atoms. The van der Waals surface area contributed by atoms with E-state index in [1.165, 1.54) is 57.8 Å². The Morgan fingerprint density at radius 2 is 1.12 bits per heavy atom. The maximum Gasteiger partial charge on any atom is 0.334 e. The molecule has 3 heteroatoms. The van der Waals surface area contributed by atoms with E-state index in [2.05, 4.69) is 13.5 Å². The molecule has 0 bridgehead atoms. The van der Waals surface area contributed by atoms with Crippen molar-refractivity contribution in [3.63, 3.8) is 0 Å². The van der Waals surface area contributed by atoms with Crippen LogP contribution < -0.4 is 0 Å². The van der Waals surface area contributed by atoms with Crippen molar-refractivity contribution in [3.8, 4) is 0 Å². The zero-order valence-corrected chi connectivity index (χ0v) is 13.4. The first-order valence-corrected chi connectivity index (χ1v) is 9.81. The summed E-state index contributed by atoms with van der Waals surface area (Å²) < 4.78 is 11.0. The van der Waals surface area contributed by atoms with Gasteiger partial charge in [-0.25, -0.2) is 0 Å². The van der Waals surface area contributed by atoms with Gasteiger partial charge in [0.05, 0.1) is 0 Å². The molecular weight excluding hydrogens is 228 g/mol. The maximum absolute atomic E-state index is 5.48. The van der Waals surface area contributed by atoms with E-state index in [4.69, 9.17) is 8.85 Å². The van der Waals surface area contributed by atoms with E-state index >= 15 is 0 Å². The lowest BCUT2D eigenvalue weighted by molar-refractivity contribution is 0.248. The van der Waals surface area contributed by atoms with Crippen molar-refractivity contribution in [2.45, 2.75) is 77.3 Å². The fourth-order valence-corrected chi connectivity index (χ4v) is 3.51. The minimum Gasteiger partial charge on any atom is -0.398 e. The number of hydrogen-bond donors (Lipinski definition) is 0. The second kappa shape index (κ2) is 11.2. The van der Waals surface area contributed by atoms with Crippen LogP contribution in [0.2, 0.25) is 12.6 Å². The number of unbranched alkanes of at least 4 members (excludes halogenated alkanes) is 8. The van der Waals surface area contributed by atoms with Crippen LogP contribution in [-0.2, 0) is 8.85 Å². The lowest BCUT2D eigenvalue weighted by atomic mass is 10.1. The van der Waals surface area contributed by atoms with Gasteiger partial charge < -0.3 is 8.85 Å². The quantitative estimate of drug-likeness (QED) is 0.368. The topological polar surface area (TPSA) is 18.5 Å². The third-order valence-electron chi connectivity index (χ3n) is 3.60. The van der Waals surface area contributed by atoms with Crippen molar-refractivity contribution in [1.82, 2.24) is 0 Å². The van der Waals surface area contributed by atoms with Gasteiger partial charge in [0.2, 0.25) is 0 Å². The first-order chi connectivity index (χ1) is 8.18. The Hall–Kier alpha value is 0.137. The SMILES string of the molecule is CCCCCCCCCCC[Si](C)(OC)OC. The highest BCUT2D eigenvalue weighted by atomic mass is 28.4. The fraction of sp³-hybridized carbons (Fsp3) is 1.00. The lowest BCUT2D eigenvalue weighted by Gasteiger charge is -2.22. The highest BCUT2D eigenvalue weighted by Crippen LogP contribution is 2.17. The molecule has 0 aliphatic rings. The Morgan fingerprint density at radius 3 is 1.53 bits per heavy atom. The van der Waals surface area contributed by atoms with Crippen molar-refractivity contribution >= 4 is 8.56 Å². The summed E-state index contributed by atoms with van der Waals surface area (Å²) in [5, 5.41) is 0. The average molecular weight is 260 g/mol. The standard InChI is InChI=1S/C14H32O2Si/c1-5-6-7-8-9-10-11-12-13-14-17(4,15-2)16-3/h5-14H2,1-4H3. The summed E-state index contributed by atoms with van der Waals surface area (Å²) in [6.45, 7) is 4.42. The van der Waals surface area contributed by atoms with E-state index in [0.29, 0.717) is 0 Å². The smallest absolute Gasteiger partial charge is 0.334 e. The van der Waals surface area contributed by atoms with Gasteiger partial charge in [0.1, 0.15) is 0 Å². The van der Waals surface area contributed by atoms with E-state index in [1.54, 1.807) is 14.2 Å². The van der Waals surface area contributed by atoms with Gasteiger partial charge in [0.15, 0.2) is 0 Å². The molecule has 0 spiro atoms. The van der Waals surface area contributed by atoms with Crippen molar-refractivity contribution in [3.05, 3.63) is 0 Å². The molecule has 0 atom stereocenters. The molecular formula is C14H32O2Si. The molecule has 0 amide bonds. The molecule has 0 radical (unpaired) electrons. The minimum atomic E-state index is -1.78. The Labute approximate surface area is 109 Å². The summed E-state index contributed by atoms with van der Waals surface area (Å²) in [7, 11) is 1.78. The predicted octanol–water partition coefficient (Wildman–Crippen LogP) is 4.88. The number of rotatable bonds is 12. The summed E-state index contributed by atoms with van der Waals surface area (Å²) in [6.07, 6.45) is 12.4. The van der Waals surface area contributed by atoms with Gasteiger partial charge >= 0.3 is 8.56 Å². The van der Waals surface area contributed by atoms with Crippen LogP contribution >= 0.6 is 0 Å². The molecule has 2 nitrogen and oxygen atoms in total. The first-order valence-electron chi connectivity index (χ1n) is 7.29. The third-order valence-corrected chi connectivity index (χ3v) is 6.59. The third kappa shape index (κ3) is 9.80. The molecule has 0 aliphatic heterocycles. The molecule has 0 unspecified atom stereocenters. The highest BCUT2D eigenvalue weighted by Gasteiger charge is 2.27. The summed E-state index contributed by atoms with van der Waals surface area (Å²) in [5.41, 5.74) is 0. The molecule has 0 aromatic heterocycles. The van der Waals surface area contributed by atoms with Crippen molar-refractivity contribution < 1.29 is 8.85 Å². The summed E-state index contributed by atoms with van der Waals surface area (Å²) in [6, 6.07) is 1.13. The summed E-state index contributed by atoms with van der Waals surface area (Å²) >= 11 is 0. The van der Waals surface area contributed by atoms with Gasteiger partial charge in [-0.1, -0.05) is 64.7 Å². The molecule has 0 aromatic rings. The van der Waals surface area contributed by atoms with Gasteiger partial charge in [-0.2, -0.15) is 0 Å². The first kappa shape index (κ1) is 17.1.